The Labute approximate surface area is 103 Å². The third-order valence-corrected chi connectivity index (χ3v) is 3.24. The molecule has 0 aromatic carbocycles. The van der Waals surface area contributed by atoms with Gasteiger partial charge in [-0.3, -0.25) is 0 Å². The van der Waals surface area contributed by atoms with Crippen LogP contribution in [0.5, 0.6) is 0 Å². The monoisotopic (exact) mass is 241 g/mol. The van der Waals surface area contributed by atoms with Crippen molar-refractivity contribution in [3.63, 3.8) is 0 Å². The molecule has 16 heavy (non-hydrogen) atoms. The van der Waals surface area contributed by atoms with Crippen molar-refractivity contribution in [3.8, 4) is 0 Å². The molecule has 0 aliphatic heterocycles. The van der Waals surface area contributed by atoms with Crippen LogP contribution >= 0.6 is 11.3 Å². The average molecular weight is 241 g/mol. The van der Waals surface area contributed by atoms with Gasteiger partial charge in [-0.1, -0.05) is 19.9 Å². The van der Waals surface area contributed by atoms with E-state index < -0.39 is 0 Å². The maximum atomic E-state index is 5.71. The number of hydrogen-bond donors (Lipinski definition) is 1. The minimum Gasteiger partial charge on any atom is -0.377 e. The smallest absolute Gasteiger partial charge is 0.0594 e. The van der Waals surface area contributed by atoms with E-state index in [4.69, 9.17) is 4.74 Å². The standard InChI is InChI=1S/C13H23NOS/c1-11(2)9-12(3)15-7-6-14-10-13-5-4-8-16-13/h4-5,8,11-12,14H,6-7,9-10H2,1-3H3. The van der Waals surface area contributed by atoms with Gasteiger partial charge in [-0.05, 0) is 30.7 Å². The average Bonchev–Trinajstić information content (AvgIpc) is 2.68. The first-order valence-corrected chi connectivity index (χ1v) is 6.91. The van der Waals surface area contributed by atoms with E-state index in [2.05, 4.69) is 43.6 Å². The molecule has 0 spiro atoms. The fraction of sp³-hybridized carbons (Fsp3) is 0.692. The molecule has 0 amide bonds. The molecular formula is C13H23NOS. The first-order valence-electron chi connectivity index (χ1n) is 6.03. The van der Waals surface area contributed by atoms with Gasteiger partial charge in [0.25, 0.3) is 0 Å². The van der Waals surface area contributed by atoms with Gasteiger partial charge in [0.2, 0.25) is 0 Å². The van der Waals surface area contributed by atoms with Crippen molar-refractivity contribution in [2.45, 2.75) is 39.8 Å². The number of rotatable bonds is 8. The van der Waals surface area contributed by atoms with E-state index in [9.17, 15) is 0 Å². The molecule has 0 aliphatic rings. The van der Waals surface area contributed by atoms with Gasteiger partial charge < -0.3 is 10.1 Å². The van der Waals surface area contributed by atoms with Crippen molar-refractivity contribution in [2.24, 2.45) is 5.92 Å². The quantitative estimate of drug-likeness (QED) is 0.705. The molecule has 0 radical (unpaired) electrons. The minimum atomic E-state index is 0.378. The molecule has 0 fully saturated rings. The zero-order valence-corrected chi connectivity index (χ0v) is 11.3. The van der Waals surface area contributed by atoms with Crippen LogP contribution < -0.4 is 5.32 Å². The molecule has 0 saturated carbocycles. The lowest BCUT2D eigenvalue weighted by molar-refractivity contribution is 0.0538. The van der Waals surface area contributed by atoms with E-state index >= 15 is 0 Å². The lowest BCUT2D eigenvalue weighted by Gasteiger charge is -2.15. The second kappa shape index (κ2) is 7.82. The summed E-state index contributed by atoms with van der Waals surface area (Å²) in [6.45, 7) is 9.31. The molecule has 1 N–H and O–H groups in total. The van der Waals surface area contributed by atoms with Crippen molar-refractivity contribution in [3.05, 3.63) is 22.4 Å². The van der Waals surface area contributed by atoms with Crippen LogP contribution in [0.15, 0.2) is 17.5 Å². The second-order valence-electron chi connectivity index (χ2n) is 4.57. The molecule has 1 aromatic heterocycles. The molecule has 1 atom stereocenters. The zero-order chi connectivity index (χ0) is 11.8. The fourth-order valence-electron chi connectivity index (χ4n) is 1.69. The Hall–Kier alpha value is -0.380. The molecular weight excluding hydrogens is 218 g/mol. The highest BCUT2D eigenvalue weighted by Gasteiger charge is 2.04. The van der Waals surface area contributed by atoms with Gasteiger partial charge in [0.15, 0.2) is 0 Å². The Kier molecular flexibility index (Phi) is 6.69. The van der Waals surface area contributed by atoms with Crippen LogP contribution in [0, 0.1) is 5.92 Å². The Morgan fingerprint density at radius 3 is 2.81 bits per heavy atom. The van der Waals surface area contributed by atoms with Crippen molar-refractivity contribution < 1.29 is 4.74 Å². The van der Waals surface area contributed by atoms with Gasteiger partial charge in [-0.15, -0.1) is 11.3 Å². The summed E-state index contributed by atoms with van der Waals surface area (Å²) >= 11 is 1.79. The zero-order valence-electron chi connectivity index (χ0n) is 10.5. The molecule has 1 rings (SSSR count). The molecule has 3 heteroatoms. The maximum absolute atomic E-state index is 5.71. The van der Waals surface area contributed by atoms with Gasteiger partial charge in [0.05, 0.1) is 12.7 Å². The molecule has 1 unspecified atom stereocenters. The van der Waals surface area contributed by atoms with Crippen molar-refractivity contribution in [1.82, 2.24) is 5.32 Å². The van der Waals surface area contributed by atoms with Crippen LogP contribution in [0.25, 0.3) is 0 Å². The van der Waals surface area contributed by atoms with Gasteiger partial charge in [-0.25, -0.2) is 0 Å². The summed E-state index contributed by atoms with van der Waals surface area (Å²) < 4.78 is 5.71. The van der Waals surface area contributed by atoms with E-state index in [1.54, 1.807) is 11.3 Å². The number of ether oxygens (including phenoxy) is 1. The Bertz CT molecular complexity index is 259. The lowest BCUT2D eigenvalue weighted by Crippen LogP contribution is -2.22. The van der Waals surface area contributed by atoms with Crippen molar-refractivity contribution in [1.29, 1.82) is 0 Å². The molecule has 0 saturated heterocycles. The Morgan fingerprint density at radius 2 is 2.19 bits per heavy atom. The first-order chi connectivity index (χ1) is 7.68. The van der Waals surface area contributed by atoms with Crippen molar-refractivity contribution in [2.75, 3.05) is 13.2 Å². The highest BCUT2D eigenvalue weighted by Crippen LogP contribution is 2.08. The summed E-state index contributed by atoms with van der Waals surface area (Å²) in [6, 6.07) is 4.24. The highest BCUT2D eigenvalue weighted by molar-refractivity contribution is 7.09. The fourth-order valence-corrected chi connectivity index (χ4v) is 2.36. The van der Waals surface area contributed by atoms with E-state index in [-0.39, 0.29) is 0 Å². The minimum absolute atomic E-state index is 0.378. The maximum Gasteiger partial charge on any atom is 0.0594 e. The van der Waals surface area contributed by atoms with Gasteiger partial charge in [-0.2, -0.15) is 0 Å². The summed E-state index contributed by atoms with van der Waals surface area (Å²) in [5.74, 6) is 0.717. The summed E-state index contributed by atoms with van der Waals surface area (Å²) in [6.07, 6.45) is 1.52. The van der Waals surface area contributed by atoms with Gasteiger partial charge in [0, 0.05) is 18.0 Å². The topological polar surface area (TPSA) is 21.3 Å². The van der Waals surface area contributed by atoms with E-state index in [0.717, 1.165) is 26.1 Å². The van der Waals surface area contributed by atoms with Crippen LogP contribution in [0.1, 0.15) is 32.1 Å². The third kappa shape index (κ3) is 6.26. The molecule has 0 aliphatic carbocycles. The van der Waals surface area contributed by atoms with E-state index in [1.165, 1.54) is 4.88 Å². The number of thiophene rings is 1. The predicted octanol–water partition coefficient (Wildman–Crippen LogP) is 3.29. The largest absolute Gasteiger partial charge is 0.377 e. The normalized spacial score (nSPS) is 13.2. The number of hydrogen-bond acceptors (Lipinski definition) is 3. The molecule has 1 heterocycles. The Morgan fingerprint density at radius 1 is 1.38 bits per heavy atom. The summed E-state index contributed by atoms with van der Waals surface area (Å²) in [5.41, 5.74) is 0. The number of nitrogens with one attached hydrogen (secondary N) is 1. The highest BCUT2D eigenvalue weighted by atomic mass is 32.1. The van der Waals surface area contributed by atoms with Crippen LogP contribution in [0.3, 0.4) is 0 Å². The van der Waals surface area contributed by atoms with Crippen LogP contribution in [-0.2, 0) is 11.3 Å². The lowest BCUT2D eigenvalue weighted by atomic mass is 10.1. The van der Waals surface area contributed by atoms with Crippen LogP contribution in [-0.4, -0.2) is 19.3 Å². The van der Waals surface area contributed by atoms with Crippen LogP contribution in [0.4, 0.5) is 0 Å². The van der Waals surface area contributed by atoms with Gasteiger partial charge in [0.1, 0.15) is 0 Å². The molecule has 92 valence electrons. The summed E-state index contributed by atoms with van der Waals surface area (Å²) in [4.78, 5) is 1.38. The van der Waals surface area contributed by atoms with Crippen molar-refractivity contribution >= 4 is 11.3 Å². The molecule has 0 bridgehead atoms. The SMILES string of the molecule is CC(C)CC(C)OCCNCc1cccs1. The van der Waals surface area contributed by atoms with Gasteiger partial charge >= 0.3 is 0 Å². The van der Waals surface area contributed by atoms with Crippen LogP contribution in [0.2, 0.25) is 0 Å². The first kappa shape index (κ1) is 13.7. The summed E-state index contributed by atoms with van der Waals surface area (Å²) in [7, 11) is 0. The second-order valence-corrected chi connectivity index (χ2v) is 5.60. The predicted molar refractivity (Wildman–Crippen MR) is 70.9 cm³/mol. The van der Waals surface area contributed by atoms with E-state index in [0.29, 0.717) is 12.0 Å². The molecule has 1 aromatic rings. The Balaban J connectivity index is 1.95. The van der Waals surface area contributed by atoms with E-state index in [1.807, 2.05) is 0 Å². The summed E-state index contributed by atoms with van der Waals surface area (Å²) in [5, 5.41) is 5.49. The third-order valence-electron chi connectivity index (χ3n) is 2.36. The molecule has 2 nitrogen and oxygen atoms in total.